The minimum Gasteiger partial charge on any atom is -0.328 e. The van der Waals surface area contributed by atoms with Gasteiger partial charge in [-0.15, -0.1) is 0 Å². The first-order valence-corrected chi connectivity index (χ1v) is 7.18. The second-order valence-corrected chi connectivity index (χ2v) is 5.39. The van der Waals surface area contributed by atoms with Crippen LogP contribution in [0.15, 0.2) is 6.33 Å². The van der Waals surface area contributed by atoms with Crippen LogP contribution in [0.2, 0.25) is 0 Å². The Kier molecular flexibility index (Phi) is 4.54. The third kappa shape index (κ3) is 3.07. The number of hydrogen-bond donors (Lipinski definition) is 1. The van der Waals surface area contributed by atoms with Gasteiger partial charge in [-0.05, 0) is 39.2 Å². The van der Waals surface area contributed by atoms with Gasteiger partial charge in [0.05, 0.1) is 5.69 Å². The van der Waals surface area contributed by atoms with E-state index in [1.54, 1.807) is 6.33 Å². The molecule has 6 heteroatoms. The van der Waals surface area contributed by atoms with Crippen molar-refractivity contribution in [2.75, 3.05) is 0 Å². The first kappa shape index (κ1) is 14.7. The molecule has 2 N–H and O–H groups in total. The number of nitrogens with zero attached hydrogens (tertiary/aromatic N) is 5. The molecule has 0 aliphatic heterocycles. The van der Waals surface area contributed by atoms with Crippen LogP contribution in [-0.2, 0) is 19.5 Å². The number of nitrogens with two attached hydrogens (primary N) is 1. The van der Waals surface area contributed by atoms with Crippen LogP contribution < -0.4 is 5.73 Å². The van der Waals surface area contributed by atoms with Crippen LogP contribution >= 0.6 is 0 Å². The predicted molar refractivity (Wildman–Crippen MR) is 78.5 cm³/mol. The summed E-state index contributed by atoms with van der Waals surface area (Å²) in [6.07, 6.45) is 3.52. The summed E-state index contributed by atoms with van der Waals surface area (Å²) in [7, 11) is 0. The molecule has 0 aromatic carbocycles. The van der Waals surface area contributed by atoms with Crippen molar-refractivity contribution >= 4 is 0 Å². The van der Waals surface area contributed by atoms with Crippen molar-refractivity contribution in [2.45, 2.75) is 59.7 Å². The van der Waals surface area contributed by atoms with Gasteiger partial charge in [0, 0.05) is 18.3 Å². The number of rotatable bonds is 6. The zero-order valence-corrected chi connectivity index (χ0v) is 12.8. The monoisotopic (exact) mass is 276 g/mol. The lowest BCUT2D eigenvalue weighted by molar-refractivity contribution is 0.533. The lowest BCUT2D eigenvalue weighted by atomic mass is 10.1. The molecule has 0 aliphatic carbocycles. The van der Waals surface area contributed by atoms with E-state index in [0.29, 0.717) is 6.54 Å². The maximum Gasteiger partial charge on any atom is 0.148 e. The molecule has 0 bridgehead atoms. The molecule has 1 unspecified atom stereocenters. The van der Waals surface area contributed by atoms with Gasteiger partial charge in [0.25, 0.3) is 0 Å². The third-order valence-corrected chi connectivity index (χ3v) is 3.48. The van der Waals surface area contributed by atoms with Gasteiger partial charge >= 0.3 is 0 Å². The first-order chi connectivity index (χ1) is 9.52. The lowest BCUT2D eigenvalue weighted by Gasteiger charge is -2.08. The molecule has 2 heterocycles. The van der Waals surface area contributed by atoms with Crippen molar-refractivity contribution in [1.29, 1.82) is 0 Å². The smallest absolute Gasteiger partial charge is 0.148 e. The maximum atomic E-state index is 5.91. The SMILES string of the molecule is CCCn1ncnc1Cn1nc(C)c(CC(C)N)c1C. The summed E-state index contributed by atoms with van der Waals surface area (Å²) in [4.78, 5) is 4.34. The topological polar surface area (TPSA) is 74.5 Å². The molecule has 1 atom stereocenters. The van der Waals surface area contributed by atoms with Crippen molar-refractivity contribution in [3.63, 3.8) is 0 Å². The van der Waals surface area contributed by atoms with Gasteiger partial charge in [-0.3, -0.25) is 4.68 Å². The molecular formula is C14H24N6. The largest absolute Gasteiger partial charge is 0.328 e. The van der Waals surface area contributed by atoms with Gasteiger partial charge in [0.2, 0.25) is 0 Å². The first-order valence-electron chi connectivity index (χ1n) is 7.18. The van der Waals surface area contributed by atoms with Crippen molar-refractivity contribution in [3.05, 3.63) is 29.1 Å². The standard InChI is InChI=1S/C14H24N6/c1-5-6-19-14(16-9-17-19)8-20-12(4)13(7-10(2)15)11(3)18-20/h9-10H,5-8,15H2,1-4H3. The summed E-state index contributed by atoms with van der Waals surface area (Å²) in [5.41, 5.74) is 9.39. The molecular weight excluding hydrogens is 252 g/mol. The van der Waals surface area contributed by atoms with E-state index in [-0.39, 0.29) is 6.04 Å². The zero-order valence-electron chi connectivity index (χ0n) is 12.8. The molecule has 0 saturated carbocycles. The summed E-state index contributed by atoms with van der Waals surface area (Å²) < 4.78 is 3.95. The molecule has 0 amide bonds. The Morgan fingerprint density at radius 3 is 2.70 bits per heavy atom. The Labute approximate surface area is 120 Å². The van der Waals surface area contributed by atoms with E-state index < -0.39 is 0 Å². The Morgan fingerprint density at radius 1 is 1.30 bits per heavy atom. The molecule has 0 saturated heterocycles. The summed E-state index contributed by atoms with van der Waals surface area (Å²) in [5.74, 6) is 0.949. The fourth-order valence-corrected chi connectivity index (χ4v) is 2.45. The molecule has 2 rings (SSSR count). The average molecular weight is 276 g/mol. The van der Waals surface area contributed by atoms with Crippen molar-refractivity contribution in [3.8, 4) is 0 Å². The van der Waals surface area contributed by atoms with Gasteiger partial charge in [-0.25, -0.2) is 9.67 Å². The quantitative estimate of drug-likeness (QED) is 0.866. The minimum atomic E-state index is 0.147. The molecule has 2 aromatic rings. The van der Waals surface area contributed by atoms with Crippen LogP contribution in [-0.4, -0.2) is 30.6 Å². The normalized spacial score (nSPS) is 12.8. The highest BCUT2D eigenvalue weighted by Gasteiger charge is 2.14. The average Bonchev–Trinajstić information content (AvgIpc) is 2.91. The molecule has 0 radical (unpaired) electrons. The molecule has 0 fully saturated rings. The van der Waals surface area contributed by atoms with E-state index in [0.717, 1.165) is 30.9 Å². The van der Waals surface area contributed by atoms with Crippen LogP contribution in [0.4, 0.5) is 0 Å². The fourth-order valence-electron chi connectivity index (χ4n) is 2.45. The molecule has 2 aromatic heterocycles. The Morgan fingerprint density at radius 2 is 2.05 bits per heavy atom. The third-order valence-electron chi connectivity index (χ3n) is 3.48. The van der Waals surface area contributed by atoms with Crippen molar-refractivity contribution < 1.29 is 0 Å². The van der Waals surface area contributed by atoms with E-state index in [4.69, 9.17) is 5.73 Å². The zero-order chi connectivity index (χ0) is 14.7. The van der Waals surface area contributed by atoms with E-state index >= 15 is 0 Å². The highest BCUT2D eigenvalue weighted by atomic mass is 15.4. The second-order valence-electron chi connectivity index (χ2n) is 5.39. The summed E-state index contributed by atoms with van der Waals surface area (Å²) in [6, 6.07) is 0.147. The molecule has 0 aliphatic rings. The second kappa shape index (κ2) is 6.17. The minimum absolute atomic E-state index is 0.147. The molecule has 110 valence electrons. The predicted octanol–water partition coefficient (Wildman–Crippen LogP) is 1.44. The van der Waals surface area contributed by atoms with Gasteiger partial charge in [-0.1, -0.05) is 6.92 Å². The van der Waals surface area contributed by atoms with Crippen LogP contribution in [0.25, 0.3) is 0 Å². The van der Waals surface area contributed by atoms with Crippen LogP contribution in [0.5, 0.6) is 0 Å². The summed E-state index contributed by atoms with van der Waals surface area (Å²) >= 11 is 0. The number of hydrogen-bond acceptors (Lipinski definition) is 4. The fraction of sp³-hybridized carbons (Fsp3) is 0.643. The van der Waals surface area contributed by atoms with Gasteiger partial charge in [-0.2, -0.15) is 10.2 Å². The van der Waals surface area contributed by atoms with Gasteiger partial charge in [0.15, 0.2) is 0 Å². The van der Waals surface area contributed by atoms with Crippen LogP contribution in [0.3, 0.4) is 0 Å². The van der Waals surface area contributed by atoms with Gasteiger partial charge < -0.3 is 5.73 Å². The highest BCUT2D eigenvalue weighted by molar-refractivity contribution is 5.25. The number of aryl methyl sites for hydroxylation is 2. The Bertz CT molecular complexity index is 566. The highest BCUT2D eigenvalue weighted by Crippen LogP contribution is 2.15. The van der Waals surface area contributed by atoms with E-state index in [1.807, 2.05) is 23.2 Å². The van der Waals surface area contributed by atoms with E-state index in [9.17, 15) is 0 Å². The Hall–Kier alpha value is -1.69. The lowest BCUT2D eigenvalue weighted by Crippen LogP contribution is -2.18. The molecule has 20 heavy (non-hydrogen) atoms. The van der Waals surface area contributed by atoms with Crippen molar-refractivity contribution in [1.82, 2.24) is 24.5 Å². The summed E-state index contributed by atoms with van der Waals surface area (Å²) in [6.45, 7) is 9.84. The van der Waals surface area contributed by atoms with E-state index in [1.165, 1.54) is 11.3 Å². The van der Waals surface area contributed by atoms with Crippen molar-refractivity contribution in [2.24, 2.45) is 5.73 Å². The van der Waals surface area contributed by atoms with Crippen LogP contribution in [0, 0.1) is 13.8 Å². The molecule has 6 nitrogen and oxygen atoms in total. The summed E-state index contributed by atoms with van der Waals surface area (Å²) in [5, 5.41) is 8.87. The maximum absolute atomic E-state index is 5.91. The van der Waals surface area contributed by atoms with Gasteiger partial charge in [0.1, 0.15) is 18.7 Å². The number of aromatic nitrogens is 5. The molecule has 0 spiro atoms. The Balaban J connectivity index is 2.23. The van der Waals surface area contributed by atoms with E-state index in [2.05, 4.69) is 29.0 Å². The van der Waals surface area contributed by atoms with Crippen LogP contribution in [0.1, 0.15) is 43.0 Å².